The molecule has 0 saturated heterocycles. The first-order valence-electron chi connectivity index (χ1n) is 22.5. The Kier molecular flexibility index (Phi) is 25.5. The zero-order chi connectivity index (χ0) is 45.5. The predicted octanol–water partition coefficient (Wildman–Crippen LogP) is 7.62. The molecule has 2 aliphatic rings. The fraction of sp³-hybridized carbons (Fsp3) is 0.490. The number of nitrogens with zero attached hydrogens (tertiary/aromatic N) is 5. The van der Waals surface area contributed by atoms with Crippen molar-refractivity contribution in [2.24, 2.45) is 28.5 Å². The molecule has 0 amide bonds. The second-order valence-corrected chi connectivity index (χ2v) is 18.3. The van der Waals surface area contributed by atoms with Gasteiger partial charge in [0.05, 0.1) is 23.6 Å². The minimum absolute atomic E-state index is 0. The molecule has 9 nitrogen and oxygen atoms in total. The second-order valence-electron chi connectivity index (χ2n) is 16.5. The first-order chi connectivity index (χ1) is 29.9. The van der Waals surface area contributed by atoms with Gasteiger partial charge in [0.1, 0.15) is 0 Å². The van der Waals surface area contributed by atoms with Crippen molar-refractivity contribution in [3.8, 4) is 0 Å². The quantitative estimate of drug-likeness (QED) is 0.0699. The summed E-state index contributed by atoms with van der Waals surface area (Å²) in [7, 11) is 1.00. The van der Waals surface area contributed by atoms with Crippen LogP contribution >= 0.6 is 23.5 Å². The van der Waals surface area contributed by atoms with Gasteiger partial charge in [0.25, 0.3) is 0 Å². The zero-order valence-electron chi connectivity index (χ0n) is 42.2. The molecule has 0 fully saturated rings. The monoisotopic (exact) mass is 917 g/mol. The molecule has 4 N–H and O–H groups in total. The number of carbonyl (C=O) groups is 1. The molecule has 3 aromatic heterocycles. The molecule has 0 spiro atoms. The van der Waals surface area contributed by atoms with Crippen LogP contribution in [0.3, 0.4) is 0 Å². The minimum Gasteiger partial charge on any atom is -1.00 e. The van der Waals surface area contributed by atoms with E-state index in [1.807, 2.05) is 60.5 Å². The average Bonchev–Trinajstić information content (AvgIpc) is 3.98. The van der Waals surface area contributed by atoms with E-state index in [1.165, 1.54) is 68.3 Å². The summed E-state index contributed by atoms with van der Waals surface area (Å²) in [5, 5.41) is 14.4. The Bertz CT molecular complexity index is 2370. The maximum Gasteiger partial charge on any atom is 1.00 e. The van der Waals surface area contributed by atoms with E-state index in [0.717, 1.165) is 49.9 Å². The molecule has 5 heterocycles. The third-order valence-electron chi connectivity index (χ3n) is 11.6. The van der Waals surface area contributed by atoms with Crippen LogP contribution in [0.15, 0.2) is 93.6 Å². The number of aliphatic hydroxyl groups excluding tert-OH is 1. The zero-order valence-corrected chi connectivity index (χ0v) is 44.9. The van der Waals surface area contributed by atoms with E-state index in [2.05, 4.69) is 129 Å². The van der Waals surface area contributed by atoms with Gasteiger partial charge in [-0.2, -0.15) is 0 Å². The van der Waals surface area contributed by atoms with Crippen LogP contribution in [-0.4, -0.2) is 103 Å². The minimum atomic E-state index is 0. The molecule has 3 radical (unpaired) electrons. The number of aliphatic imine (C=N–C) groups is 1. The van der Waals surface area contributed by atoms with Crippen LogP contribution in [0.2, 0.25) is 0 Å². The number of nitrogens with one attached hydrogen (secondary N) is 1. The summed E-state index contributed by atoms with van der Waals surface area (Å²) in [6, 6.07) is 28.7. The van der Waals surface area contributed by atoms with E-state index in [-0.39, 0.29) is 51.1 Å². The Morgan fingerprint density at radius 1 is 0.812 bits per heavy atom. The number of aromatic nitrogens is 3. The summed E-state index contributed by atoms with van der Waals surface area (Å²) in [5.74, 6) is 1.31. The normalized spacial score (nSPS) is 13.9. The van der Waals surface area contributed by atoms with Gasteiger partial charge in [-0.3, -0.25) is 9.79 Å². The number of para-hydroxylation sites is 1. The molecule has 1 unspecified atom stereocenters. The summed E-state index contributed by atoms with van der Waals surface area (Å²) < 4.78 is 6.95. The van der Waals surface area contributed by atoms with E-state index >= 15 is 0 Å². The third-order valence-corrected chi connectivity index (χ3v) is 13.1. The number of ketones is 1. The second kappa shape index (κ2) is 28.4. The summed E-state index contributed by atoms with van der Waals surface area (Å²) >= 11 is 3.62. The number of rotatable bonds is 11. The molecular formula is C51H76BN7NaO2S2. The van der Waals surface area contributed by atoms with Crippen molar-refractivity contribution in [3.05, 3.63) is 95.9 Å². The number of nitrogens with two attached hydrogens (primary N) is 1. The Balaban J connectivity index is 0.000000437. The number of hydrogen-bond acceptors (Lipinski definition) is 8. The molecule has 0 bridgehead atoms. The van der Waals surface area contributed by atoms with E-state index < -0.39 is 0 Å². The van der Waals surface area contributed by atoms with E-state index in [9.17, 15) is 4.79 Å². The van der Waals surface area contributed by atoms with Crippen LogP contribution in [0.4, 0.5) is 0 Å². The van der Waals surface area contributed by atoms with Gasteiger partial charge in [0, 0.05) is 103 Å². The molecule has 13 heteroatoms. The van der Waals surface area contributed by atoms with Crippen molar-refractivity contribution < 1.29 is 40.9 Å². The molecule has 8 rings (SSSR count). The fourth-order valence-corrected chi connectivity index (χ4v) is 9.17. The number of fused-ring (bicyclic) bond motifs is 7. The van der Waals surface area contributed by atoms with E-state index in [0.29, 0.717) is 31.0 Å². The Labute approximate surface area is 419 Å². The molecule has 2 aliphatic heterocycles. The van der Waals surface area contributed by atoms with Crippen molar-refractivity contribution in [3.63, 3.8) is 0 Å². The van der Waals surface area contributed by atoms with Crippen LogP contribution in [0.1, 0.15) is 91.7 Å². The number of Topliss-reactive ketones (excluding diaryl/α,β-unsaturated/α-hetero) is 1. The maximum atomic E-state index is 12.1. The summed E-state index contributed by atoms with van der Waals surface area (Å²) in [5.41, 5.74) is 14.2. The number of aliphatic hydroxyl groups is 1. The summed E-state index contributed by atoms with van der Waals surface area (Å²) in [6.45, 7) is 28.3. The van der Waals surface area contributed by atoms with Gasteiger partial charge in [0.15, 0.2) is 5.78 Å². The van der Waals surface area contributed by atoms with Gasteiger partial charge in [-0.05, 0) is 97.9 Å². The van der Waals surface area contributed by atoms with Gasteiger partial charge in [-0.15, -0.1) is 23.5 Å². The van der Waals surface area contributed by atoms with Crippen molar-refractivity contribution >= 4 is 76.1 Å². The van der Waals surface area contributed by atoms with Crippen LogP contribution in [-0.2, 0) is 19.6 Å². The van der Waals surface area contributed by atoms with Crippen LogP contribution in [0.25, 0.3) is 32.7 Å². The van der Waals surface area contributed by atoms with Crippen LogP contribution in [0.5, 0.6) is 0 Å². The predicted molar refractivity (Wildman–Crippen MR) is 278 cm³/mol. The first kappa shape index (κ1) is 57.4. The largest absolute Gasteiger partial charge is 1.00 e. The van der Waals surface area contributed by atoms with Crippen LogP contribution in [0, 0.1) is 17.8 Å². The van der Waals surface area contributed by atoms with Gasteiger partial charge in [-0.1, -0.05) is 92.6 Å². The van der Waals surface area contributed by atoms with Gasteiger partial charge in [0.2, 0.25) is 0 Å². The third kappa shape index (κ3) is 14.1. The molecular weight excluding hydrogens is 841 g/mol. The molecule has 1 atom stereocenters. The fourth-order valence-electron chi connectivity index (χ4n) is 8.30. The van der Waals surface area contributed by atoms with E-state index in [4.69, 9.17) is 15.8 Å². The summed E-state index contributed by atoms with van der Waals surface area (Å²) in [6.07, 6.45) is 4.27. The maximum absolute atomic E-state index is 12.1. The molecule has 6 aromatic rings. The van der Waals surface area contributed by atoms with Crippen molar-refractivity contribution in [1.29, 1.82) is 0 Å². The molecule has 64 heavy (non-hydrogen) atoms. The SMILES string of the molecule is CC(C)C(=O)c1cc2ccccc2n1CCN.CCN(CC)CC.CO.CSc1ccc2cc3n(c2c1)CCN=C3C(C)C.CSc1ccc2cc3n(c2c1)CCNC3C(C)C.[B].[H-].[Na+]. The molecule has 0 saturated carbocycles. The number of thioether (sulfide) groups is 2. The Hall–Kier alpha value is -2.78. The topological polar surface area (TPSA) is 106 Å². The molecule has 0 aliphatic carbocycles. The Morgan fingerprint density at radius 2 is 1.38 bits per heavy atom. The molecule has 3 aromatic carbocycles. The van der Waals surface area contributed by atoms with Gasteiger partial charge < -0.3 is 36.2 Å². The van der Waals surface area contributed by atoms with E-state index in [1.54, 1.807) is 11.8 Å². The van der Waals surface area contributed by atoms with Gasteiger partial charge >= 0.3 is 29.6 Å². The number of hydrogen-bond donors (Lipinski definition) is 3. The number of carbonyl (C=O) groups excluding carboxylic acids is 1. The van der Waals surface area contributed by atoms with Gasteiger partial charge in [-0.25, -0.2) is 0 Å². The standard InChI is InChI=1S/C15H20N2S.C15H18N2S.C14H18N2O.C6H15N.CH4O.B.Na.H/c2*1-10(2)15-14-8-11-4-5-12(18-3)9-13(11)17(14)7-6-16-15;1-10(2)14(17)13-9-11-5-3-4-6-12(11)16(13)8-7-15;1-4-7(5-2)6-3;1-2;;;/h4-5,8-10,15-16H,6-7H2,1-3H3;4-5,8-10H,6-7H2,1-3H3;3-6,9-10H,7-8,15H2,1-2H3;4-6H2,1-3H3;2H,1H3;;;/q;;;;;;+1;-1. The first-order valence-corrected chi connectivity index (χ1v) is 25.0. The smallest absolute Gasteiger partial charge is 1.00 e. The number of benzene rings is 3. The van der Waals surface area contributed by atoms with Crippen LogP contribution < -0.4 is 40.6 Å². The van der Waals surface area contributed by atoms with Crippen molar-refractivity contribution in [2.75, 3.05) is 58.9 Å². The van der Waals surface area contributed by atoms with Crippen molar-refractivity contribution in [1.82, 2.24) is 23.9 Å². The summed E-state index contributed by atoms with van der Waals surface area (Å²) in [4.78, 5) is 21.9. The average molecular weight is 917 g/mol. The van der Waals surface area contributed by atoms with Crippen molar-refractivity contribution in [2.45, 2.75) is 97.8 Å². The molecule has 343 valence electrons. The Morgan fingerprint density at radius 3 is 1.89 bits per heavy atom.